The fourth-order valence-corrected chi connectivity index (χ4v) is 2.88. The lowest BCUT2D eigenvalue weighted by Crippen LogP contribution is -2.47. The predicted molar refractivity (Wildman–Crippen MR) is 69.5 cm³/mol. The van der Waals surface area contributed by atoms with Crippen molar-refractivity contribution in [1.82, 2.24) is 4.90 Å². The fourth-order valence-electron chi connectivity index (χ4n) is 2.88. The highest BCUT2D eigenvalue weighted by Crippen LogP contribution is 2.32. The zero-order chi connectivity index (χ0) is 12.4. The molecule has 3 heteroatoms. The molecule has 0 heterocycles. The van der Waals surface area contributed by atoms with Gasteiger partial charge >= 0.3 is 0 Å². The highest BCUT2D eigenvalue weighted by Gasteiger charge is 2.38. The topological polar surface area (TPSA) is 46.3 Å². The lowest BCUT2D eigenvalue weighted by molar-refractivity contribution is -0.138. The molecule has 3 nitrogen and oxygen atoms in total. The van der Waals surface area contributed by atoms with Gasteiger partial charge in [-0.3, -0.25) is 4.79 Å². The van der Waals surface area contributed by atoms with E-state index in [9.17, 15) is 4.79 Å². The van der Waals surface area contributed by atoms with Crippen molar-refractivity contribution in [3.63, 3.8) is 0 Å². The maximum Gasteiger partial charge on any atom is 0.227 e. The summed E-state index contributed by atoms with van der Waals surface area (Å²) < 4.78 is 0. The van der Waals surface area contributed by atoms with Gasteiger partial charge in [-0.1, -0.05) is 26.7 Å². The Labute approximate surface area is 105 Å². The molecule has 2 fully saturated rings. The molecule has 1 amide bonds. The lowest BCUT2D eigenvalue weighted by atomic mass is 9.84. The molecule has 2 N–H and O–H groups in total. The standard InChI is InChI=1S/C14H26N2O/c1-10(2)9-16(11-7-8-11)14(17)12-5-3-4-6-13(12)15/h10-13H,3-9,15H2,1-2H3. The molecular weight excluding hydrogens is 212 g/mol. The second kappa shape index (κ2) is 5.38. The van der Waals surface area contributed by atoms with E-state index in [1.54, 1.807) is 0 Å². The molecule has 0 saturated heterocycles. The fraction of sp³-hybridized carbons (Fsp3) is 0.929. The van der Waals surface area contributed by atoms with Crippen LogP contribution < -0.4 is 5.73 Å². The van der Waals surface area contributed by atoms with E-state index in [0.717, 1.165) is 19.4 Å². The van der Waals surface area contributed by atoms with E-state index in [0.29, 0.717) is 17.9 Å². The first-order valence-electron chi connectivity index (χ1n) is 7.15. The van der Waals surface area contributed by atoms with Gasteiger partial charge in [0.05, 0.1) is 5.92 Å². The minimum Gasteiger partial charge on any atom is -0.339 e. The SMILES string of the molecule is CC(C)CN(C(=O)C1CCCCC1N)C1CC1. The average molecular weight is 238 g/mol. The highest BCUT2D eigenvalue weighted by molar-refractivity contribution is 5.80. The van der Waals surface area contributed by atoms with Crippen LogP contribution >= 0.6 is 0 Å². The summed E-state index contributed by atoms with van der Waals surface area (Å²) >= 11 is 0. The molecule has 2 aliphatic carbocycles. The first-order chi connectivity index (χ1) is 8.09. The van der Waals surface area contributed by atoms with Gasteiger partial charge in [0.1, 0.15) is 0 Å². The van der Waals surface area contributed by atoms with E-state index in [2.05, 4.69) is 18.7 Å². The molecule has 0 aliphatic heterocycles. The van der Waals surface area contributed by atoms with Crippen molar-refractivity contribution in [3.05, 3.63) is 0 Å². The van der Waals surface area contributed by atoms with Gasteiger partial charge in [-0.05, 0) is 31.6 Å². The zero-order valence-electron chi connectivity index (χ0n) is 11.2. The molecule has 0 aromatic heterocycles. The quantitative estimate of drug-likeness (QED) is 0.815. The number of nitrogens with two attached hydrogens (primary N) is 1. The molecule has 98 valence electrons. The molecule has 2 atom stereocenters. The summed E-state index contributed by atoms with van der Waals surface area (Å²) in [6, 6.07) is 0.628. The molecule has 0 spiro atoms. The summed E-state index contributed by atoms with van der Waals surface area (Å²) in [5.74, 6) is 0.996. The molecule has 0 bridgehead atoms. The van der Waals surface area contributed by atoms with Crippen molar-refractivity contribution in [2.24, 2.45) is 17.6 Å². The predicted octanol–water partition coefficient (Wildman–Crippen LogP) is 2.15. The summed E-state index contributed by atoms with van der Waals surface area (Å²) in [6.45, 7) is 5.28. The smallest absolute Gasteiger partial charge is 0.227 e. The van der Waals surface area contributed by atoms with Gasteiger partial charge in [-0.15, -0.1) is 0 Å². The van der Waals surface area contributed by atoms with Crippen molar-refractivity contribution in [1.29, 1.82) is 0 Å². The van der Waals surface area contributed by atoms with Gasteiger partial charge in [0.2, 0.25) is 5.91 Å². The third kappa shape index (κ3) is 3.21. The number of hydrogen-bond acceptors (Lipinski definition) is 2. The second-order valence-electron chi connectivity index (χ2n) is 6.17. The largest absolute Gasteiger partial charge is 0.339 e. The van der Waals surface area contributed by atoms with Crippen molar-refractivity contribution >= 4 is 5.91 Å². The van der Waals surface area contributed by atoms with Crippen molar-refractivity contribution in [2.45, 2.75) is 64.5 Å². The van der Waals surface area contributed by atoms with E-state index < -0.39 is 0 Å². The number of carbonyl (C=O) groups is 1. The van der Waals surface area contributed by atoms with Crippen LogP contribution in [0.1, 0.15) is 52.4 Å². The molecule has 2 saturated carbocycles. The average Bonchev–Trinajstić information content (AvgIpc) is 3.09. The van der Waals surface area contributed by atoms with Crippen LogP contribution in [0.3, 0.4) is 0 Å². The molecule has 0 aromatic rings. The van der Waals surface area contributed by atoms with Gasteiger partial charge in [0.15, 0.2) is 0 Å². The van der Waals surface area contributed by atoms with Crippen LogP contribution in [-0.2, 0) is 4.79 Å². The monoisotopic (exact) mass is 238 g/mol. The third-order valence-corrected chi connectivity index (χ3v) is 3.97. The Morgan fingerprint density at radius 1 is 1.24 bits per heavy atom. The van der Waals surface area contributed by atoms with Crippen LogP contribution in [0.5, 0.6) is 0 Å². The molecule has 0 radical (unpaired) electrons. The van der Waals surface area contributed by atoms with Gasteiger partial charge in [0, 0.05) is 18.6 Å². The Balaban J connectivity index is 1.99. The number of rotatable bonds is 4. The van der Waals surface area contributed by atoms with Crippen LogP contribution in [0, 0.1) is 11.8 Å². The molecule has 2 unspecified atom stereocenters. The first kappa shape index (κ1) is 12.9. The minimum atomic E-state index is 0.100. The Hall–Kier alpha value is -0.570. The highest BCUT2D eigenvalue weighted by atomic mass is 16.2. The van der Waals surface area contributed by atoms with Gasteiger partial charge in [-0.2, -0.15) is 0 Å². The maximum absolute atomic E-state index is 12.6. The maximum atomic E-state index is 12.6. The molecule has 17 heavy (non-hydrogen) atoms. The van der Waals surface area contributed by atoms with E-state index in [4.69, 9.17) is 5.73 Å². The van der Waals surface area contributed by atoms with E-state index in [1.165, 1.54) is 25.7 Å². The summed E-state index contributed by atoms with van der Waals surface area (Å²) in [4.78, 5) is 14.7. The summed E-state index contributed by atoms with van der Waals surface area (Å²) in [5, 5.41) is 0. The second-order valence-corrected chi connectivity index (χ2v) is 6.17. The van der Waals surface area contributed by atoms with Crippen LogP contribution in [0.4, 0.5) is 0 Å². The third-order valence-electron chi connectivity index (χ3n) is 3.97. The van der Waals surface area contributed by atoms with Crippen LogP contribution in [0.25, 0.3) is 0 Å². The van der Waals surface area contributed by atoms with Crippen LogP contribution in [-0.4, -0.2) is 29.4 Å². The first-order valence-corrected chi connectivity index (χ1v) is 7.15. The number of amides is 1. The van der Waals surface area contributed by atoms with Gasteiger partial charge in [-0.25, -0.2) is 0 Å². The zero-order valence-corrected chi connectivity index (χ0v) is 11.2. The molecule has 2 aliphatic rings. The van der Waals surface area contributed by atoms with Crippen LogP contribution in [0.2, 0.25) is 0 Å². The van der Waals surface area contributed by atoms with Crippen molar-refractivity contribution < 1.29 is 4.79 Å². The van der Waals surface area contributed by atoms with Crippen LogP contribution in [0.15, 0.2) is 0 Å². The normalized spacial score (nSPS) is 29.4. The van der Waals surface area contributed by atoms with Gasteiger partial charge in [0.25, 0.3) is 0 Å². The van der Waals surface area contributed by atoms with Crippen molar-refractivity contribution in [3.8, 4) is 0 Å². The number of nitrogens with zero attached hydrogens (tertiary/aromatic N) is 1. The Kier molecular flexibility index (Phi) is 4.08. The summed E-state index contributed by atoms with van der Waals surface area (Å²) in [7, 11) is 0. The van der Waals surface area contributed by atoms with Gasteiger partial charge < -0.3 is 10.6 Å². The summed E-state index contributed by atoms with van der Waals surface area (Å²) in [5.41, 5.74) is 6.12. The van der Waals surface area contributed by atoms with E-state index in [-0.39, 0.29) is 12.0 Å². The minimum absolute atomic E-state index is 0.100. The lowest BCUT2D eigenvalue weighted by Gasteiger charge is -2.34. The van der Waals surface area contributed by atoms with Crippen molar-refractivity contribution in [2.75, 3.05) is 6.54 Å². The number of hydrogen-bond donors (Lipinski definition) is 1. The Morgan fingerprint density at radius 2 is 1.88 bits per heavy atom. The number of carbonyl (C=O) groups excluding carboxylic acids is 1. The Morgan fingerprint density at radius 3 is 2.41 bits per heavy atom. The molecular formula is C14H26N2O. The Bertz CT molecular complexity index is 273. The molecule has 0 aromatic carbocycles. The molecule has 2 rings (SSSR count). The van der Waals surface area contributed by atoms with E-state index in [1.807, 2.05) is 0 Å². The summed E-state index contributed by atoms with van der Waals surface area (Å²) in [6.07, 6.45) is 6.78. The van der Waals surface area contributed by atoms with E-state index >= 15 is 0 Å².